The van der Waals surface area contributed by atoms with Gasteiger partial charge in [0.15, 0.2) is 0 Å². The number of aromatic nitrogens is 5. The van der Waals surface area contributed by atoms with E-state index >= 15 is 0 Å². The van der Waals surface area contributed by atoms with Crippen LogP contribution in [0.1, 0.15) is 22.4 Å². The first-order valence-corrected chi connectivity index (χ1v) is 11.6. The summed E-state index contributed by atoms with van der Waals surface area (Å²) in [5, 5.41) is 5.78. The standard InChI is InChI=1S/C27H24ClN5O2/c1-17-6-5-11-33(27(17)34)15-19-13-29-14-23(28)22(19)16-35-25-8-4-7-20-21(12-18(2)31-26(20)25)24-9-10-30-32(24)3/h4-14H,15-16H2,1-3H3. The topological polar surface area (TPSA) is 74.8 Å². The lowest BCUT2D eigenvalue weighted by Crippen LogP contribution is -2.22. The van der Waals surface area contributed by atoms with Crippen LogP contribution in [-0.2, 0) is 20.2 Å². The Kier molecular flexibility index (Phi) is 6.09. The second-order valence-electron chi connectivity index (χ2n) is 8.48. The molecule has 1 aromatic carbocycles. The minimum atomic E-state index is -0.0456. The summed E-state index contributed by atoms with van der Waals surface area (Å²) in [6.07, 6.45) is 6.86. The van der Waals surface area contributed by atoms with Gasteiger partial charge in [0.05, 0.1) is 17.3 Å². The fraction of sp³-hybridized carbons (Fsp3) is 0.185. The second-order valence-corrected chi connectivity index (χ2v) is 8.88. The third-order valence-electron chi connectivity index (χ3n) is 6.04. The quantitative estimate of drug-likeness (QED) is 0.335. The molecular weight excluding hydrogens is 462 g/mol. The Labute approximate surface area is 207 Å². The molecule has 0 aliphatic carbocycles. The molecule has 7 nitrogen and oxygen atoms in total. The average molecular weight is 486 g/mol. The predicted octanol–water partition coefficient (Wildman–Crippen LogP) is 5.09. The number of para-hydroxylation sites is 1. The molecule has 8 heteroatoms. The molecule has 0 spiro atoms. The third kappa shape index (κ3) is 4.42. The molecule has 0 fully saturated rings. The molecule has 0 aliphatic rings. The van der Waals surface area contributed by atoms with Crippen molar-refractivity contribution in [2.45, 2.75) is 27.0 Å². The molecule has 0 unspecified atom stereocenters. The van der Waals surface area contributed by atoms with Crippen LogP contribution < -0.4 is 10.3 Å². The van der Waals surface area contributed by atoms with Crippen LogP contribution >= 0.6 is 11.6 Å². The van der Waals surface area contributed by atoms with E-state index in [0.29, 0.717) is 22.9 Å². The van der Waals surface area contributed by atoms with Crippen LogP contribution in [0.4, 0.5) is 0 Å². The highest BCUT2D eigenvalue weighted by molar-refractivity contribution is 6.31. The molecule has 4 heterocycles. The zero-order chi connectivity index (χ0) is 24.5. The number of ether oxygens (including phenoxy) is 1. The zero-order valence-corrected chi connectivity index (χ0v) is 20.5. The number of pyridine rings is 3. The molecule has 0 saturated carbocycles. The Hall–Kier alpha value is -3.97. The van der Waals surface area contributed by atoms with E-state index in [1.54, 1.807) is 42.3 Å². The molecule has 5 rings (SSSR count). The number of halogens is 1. The summed E-state index contributed by atoms with van der Waals surface area (Å²) in [6.45, 7) is 4.33. The van der Waals surface area contributed by atoms with Gasteiger partial charge in [0.2, 0.25) is 0 Å². The van der Waals surface area contributed by atoms with E-state index in [4.69, 9.17) is 21.3 Å². The van der Waals surface area contributed by atoms with Crippen molar-refractivity contribution in [1.82, 2.24) is 24.3 Å². The molecule has 5 aromatic rings. The van der Waals surface area contributed by atoms with Crippen LogP contribution in [-0.4, -0.2) is 24.3 Å². The molecule has 0 N–H and O–H groups in total. The zero-order valence-electron chi connectivity index (χ0n) is 19.7. The van der Waals surface area contributed by atoms with Crippen LogP contribution in [0.3, 0.4) is 0 Å². The number of fused-ring (bicyclic) bond motifs is 1. The summed E-state index contributed by atoms with van der Waals surface area (Å²) in [5.41, 5.74) is 5.94. The van der Waals surface area contributed by atoms with Crippen LogP contribution in [0.2, 0.25) is 5.02 Å². The summed E-state index contributed by atoms with van der Waals surface area (Å²) in [4.78, 5) is 21.6. The minimum Gasteiger partial charge on any atom is -0.487 e. The van der Waals surface area contributed by atoms with Crippen molar-refractivity contribution in [1.29, 1.82) is 0 Å². The van der Waals surface area contributed by atoms with Crippen molar-refractivity contribution in [3.8, 4) is 17.0 Å². The van der Waals surface area contributed by atoms with E-state index in [2.05, 4.69) is 16.1 Å². The molecule has 176 valence electrons. The van der Waals surface area contributed by atoms with Gasteiger partial charge in [-0.1, -0.05) is 29.8 Å². The number of hydrogen-bond acceptors (Lipinski definition) is 5. The first-order chi connectivity index (χ1) is 16.9. The second kappa shape index (κ2) is 9.35. The Balaban J connectivity index is 1.51. The van der Waals surface area contributed by atoms with Gasteiger partial charge < -0.3 is 9.30 Å². The lowest BCUT2D eigenvalue weighted by atomic mass is 10.0. The van der Waals surface area contributed by atoms with Crippen LogP contribution in [0.15, 0.2) is 72.0 Å². The number of hydrogen-bond donors (Lipinski definition) is 0. The maximum Gasteiger partial charge on any atom is 0.253 e. The van der Waals surface area contributed by atoms with Gasteiger partial charge in [0.1, 0.15) is 17.9 Å². The van der Waals surface area contributed by atoms with Gasteiger partial charge in [-0.05, 0) is 43.7 Å². The molecular formula is C27H24ClN5O2. The van der Waals surface area contributed by atoms with Gasteiger partial charge in [0.25, 0.3) is 5.56 Å². The fourth-order valence-electron chi connectivity index (χ4n) is 4.23. The van der Waals surface area contributed by atoms with Gasteiger partial charge >= 0.3 is 0 Å². The van der Waals surface area contributed by atoms with Crippen molar-refractivity contribution in [3.63, 3.8) is 0 Å². The Bertz CT molecular complexity index is 1610. The Morgan fingerprint density at radius 1 is 1.09 bits per heavy atom. The largest absolute Gasteiger partial charge is 0.487 e. The highest BCUT2D eigenvalue weighted by Crippen LogP contribution is 2.33. The van der Waals surface area contributed by atoms with Crippen molar-refractivity contribution < 1.29 is 4.74 Å². The minimum absolute atomic E-state index is 0.0456. The lowest BCUT2D eigenvalue weighted by molar-refractivity contribution is 0.307. The van der Waals surface area contributed by atoms with Gasteiger partial charge in [0, 0.05) is 59.6 Å². The summed E-state index contributed by atoms with van der Waals surface area (Å²) < 4.78 is 9.78. The van der Waals surface area contributed by atoms with Crippen molar-refractivity contribution in [2.24, 2.45) is 7.05 Å². The van der Waals surface area contributed by atoms with Crippen molar-refractivity contribution in [2.75, 3.05) is 0 Å². The lowest BCUT2D eigenvalue weighted by Gasteiger charge is -2.16. The number of nitrogens with zero attached hydrogens (tertiary/aromatic N) is 5. The van der Waals surface area contributed by atoms with Crippen molar-refractivity contribution >= 4 is 22.5 Å². The highest BCUT2D eigenvalue weighted by atomic mass is 35.5. The van der Waals surface area contributed by atoms with E-state index in [-0.39, 0.29) is 12.2 Å². The average Bonchev–Trinajstić information content (AvgIpc) is 3.27. The van der Waals surface area contributed by atoms with Gasteiger partial charge in [-0.25, -0.2) is 4.98 Å². The van der Waals surface area contributed by atoms with Crippen LogP contribution in [0.5, 0.6) is 5.75 Å². The summed E-state index contributed by atoms with van der Waals surface area (Å²) in [7, 11) is 1.92. The normalized spacial score (nSPS) is 11.2. The van der Waals surface area contributed by atoms with Crippen LogP contribution in [0, 0.1) is 13.8 Å². The molecule has 0 atom stereocenters. The first kappa shape index (κ1) is 22.8. The maximum absolute atomic E-state index is 12.5. The van der Waals surface area contributed by atoms with E-state index in [1.165, 1.54) is 0 Å². The summed E-state index contributed by atoms with van der Waals surface area (Å²) >= 11 is 6.53. The molecule has 0 saturated heterocycles. The number of rotatable bonds is 6. The number of benzene rings is 1. The molecule has 0 bridgehead atoms. The first-order valence-electron chi connectivity index (χ1n) is 11.2. The summed E-state index contributed by atoms with van der Waals surface area (Å²) in [5.74, 6) is 0.654. The van der Waals surface area contributed by atoms with Gasteiger partial charge in [-0.2, -0.15) is 5.10 Å². The highest BCUT2D eigenvalue weighted by Gasteiger charge is 2.15. The van der Waals surface area contributed by atoms with E-state index < -0.39 is 0 Å². The smallest absolute Gasteiger partial charge is 0.253 e. The molecule has 0 aliphatic heterocycles. The van der Waals surface area contributed by atoms with Crippen molar-refractivity contribution in [3.05, 3.63) is 105 Å². The number of aryl methyl sites for hydroxylation is 3. The van der Waals surface area contributed by atoms with E-state index in [9.17, 15) is 4.79 Å². The van der Waals surface area contributed by atoms with Crippen LogP contribution in [0.25, 0.3) is 22.2 Å². The molecule has 0 radical (unpaired) electrons. The molecule has 35 heavy (non-hydrogen) atoms. The Morgan fingerprint density at radius 3 is 2.74 bits per heavy atom. The molecule has 4 aromatic heterocycles. The van der Waals surface area contributed by atoms with E-state index in [1.807, 2.05) is 49.0 Å². The van der Waals surface area contributed by atoms with Gasteiger partial charge in [-0.3, -0.25) is 14.5 Å². The maximum atomic E-state index is 12.5. The SMILES string of the molecule is Cc1cc(-c2ccnn2C)c2cccc(OCc3c(Cl)cncc3Cn3cccc(C)c3=O)c2n1. The summed E-state index contributed by atoms with van der Waals surface area (Å²) in [6, 6.07) is 13.6. The monoisotopic (exact) mass is 485 g/mol. The third-order valence-corrected chi connectivity index (χ3v) is 6.37. The van der Waals surface area contributed by atoms with Gasteiger partial charge in [-0.15, -0.1) is 0 Å². The fourth-order valence-corrected chi connectivity index (χ4v) is 4.46. The Morgan fingerprint density at radius 2 is 1.94 bits per heavy atom. The predicted molar refractivity (Wildman–Crippen MR) is 137 cm³/mol. The van der Waals surface area contributed by atoms with E-state index in [0.717, 1.165) is 39.0 Å². The molecule has 0 amide bonds.